The predicted molar refractivity (Wildman–Crippen MR) is 120 cm³/mol. The summed E-state index contributed by atoms with van der Waals surface area (Å²) in [5.41, 5.74) is 11.0. The topological polar surface area (TPSA) is 208 Å². The van der Waals surface area contributed by atoms with Gasteiger partial charge in [0.1, 0.15) is 24.2 Å². The molecule has 0 saturated carbocycles. The van der Waals surface area contributed by atoms with Crippen LogP contribution < -0.4 is 22.1 Å². The molecule has 0 aromatic heterocycles. The van der Waals surface area contributed by atoms with Gasteiger partial charge in [-0.05, 0) is 51.5 Å². The zero-order valence-electron chi connectivity index (χ0n) is 19.3. The predicted octanol–water partition coefficient (Wildman–Crippen LogP) is -2.90. The summed E-state index contributed by atoms with van der Waals surface area (Å²) >= 11 is 0. The summed E-state index contributed by atoms with van der Waals surface area (Å²) in [5, 5.41) is 23.3. The van der Waals surface area contributed by atoms with Gasteiger partial charge in [0.05, 0.1) is 13.2 Å². The van der Waals surface area contributed by atoms with Gasteiger partial charge < -0.3 is 42.1 Å². The molecule has 2 heterocycles. The summed E-state index contributed by atoms with van der Waals surface area (Å²) in [7, 11) is 0. The van der Waals surface area contributed by atoms with Crippen LogP contribution in [0, 0.1) is 0 Å². The number of aliphatic carboxylic acids is 1. The van der Waals surface area contributed by atoms with E-state index in [1.807, 2.05) is 0 Å². The van der Waals surface area contributed by atoms with Crippen molar-refractivity contribution in [3.8, 4) is 0 Å². The summed E-state index contributed by atoms with van der Waals surface area (Å²) in [6.07, 6.45) is 3.47. The second-order valence-electron chi connectivity index (χ2n) is 8.63. The first-order valence-corrected chi connectivity index (χ1v) is 11.7. The number of hydrogen-bond donors (Lipinski definition) is 6. The van der Waals surface area contributed by atoms with Crippen molar-refractivity contribution in [2.45, 2.75) is 69.1 Å². The fourth-order valence-corrected chi connectivity index (χ4v) is 4.35. The van der Waals surface area contributed by atoms with Crippen molar-refractivity contribution >= 4 is 29.6 Å². The number of aliphatic hydroxyl groups excluding tert-OH is 1. The van der Waals surface area contributed by atoms with Crippen molar-refractivity contribution < 1.29 is 34.2 Å². The number of rotatable bonds is 12. The van der Waals surface area contributed by atoms with E-state index in [0.29, 0.717) is 58.2 Å². The van der Waals surface area contributed by atoms with Crippen LogP contribution in [-0.4, -0.2) is 107 Å². The van der Waals surface area contributed by atoms with Gasteiger partial charge in [0.25, 0.3) is 0 Å². The molecule has 0 aromatic carbocycles. The van der Waals surface area contributed by atoms with Gasteiger partial charge in [-0.2, -0.15) is 0 Å². The van der Waals surface area contributed by atoms with Gasteiger partial charge >= 0.3 is 5.97 Å². The summed E-state index contributed by atoms with van der Waals surface area (Å²) in [6, 6.07) is -3.71. The summed E-state index contributed by atoms with van der Waals surface area (Å²) < 4.78 is 0. The minimum Gasteiger partial charge on any atom is -0.480 e. The largest absolute Gasteiger partial charge is 0.480 e. The molecule has 2 saturated heterocycles. The van der Waals surface area contributed by atoms with Crippen LogP contribution in [0.15, 0.2) is 0 Å². The molecule has 0 spiro atoms. The van der Waals surface area contributed by atoms with Crippen molar-refractivity contribution in [2.24, 2.45) is 11.5 Å². The van der Waals surface area contributed by atoms with Crippen molar-refractivity contribution in [3.63, 3.8) is 0 Å². The lowest BCUT2D eigenvalue weighted by Crippen LogP contribution is -2.56. The Morgan fingerprint density at radius 1 is 1.00 bits per heavy atom. The first-order chi connectivity index (χ1) is 16.2. The van der Waals surface area contributed by atoms with Crippen molar-refractivity contribution in [1.29, 1.82) is 0 Å². The average Bonchev–Trinajstić information content (AvgIpc) is 3.50. The molecule has 2 fully saturated rings. The molecule has 0 radical (unpaired) electrons. The molecule has 0 bridgehead atoms. The molecular formula is C21H36N6O7. The van der Waals surface area contributed by atoms with E-state index in [1.54, 1.807) is 0 Å². The number of amides is 4. The molecule has 34 heavy (non-hydrogen) atoms. The third-order valence-corrected chi connectivity index (χ3v) is 6.18. The lowest BCUT2D eigenvalue weighted by molar-refractivity contribution is -0.147. The van der Waals surface area contributed by atoms with Gasteiger partial charge in [-0.1, -0.05) is 0 Å². The number of aliphatic hydroxyl groups is 1. The maximum Gasteiger partial charge on any atom is 0.326 e. The quantitative estimate of drug-likeness (QED) is 0.157. The molecule has 0 unspecified atom stereocenters. The highest BCUT2D eigenvalue weighted by Gasteiger charge is 2.42. The van der Waals surface area contributed by atoms with E-state index >= 15 is 0 Å². The van der Waals surface area contributed by atoms with Gasteiger partial charge in [-0.3, -0.25) is 19.2 Å². The Balaban J connectivity index is 1.92. The van der Waals surface area contributed by atoms with Gasteiger partial charge in [-0.25, -0.2) is 4.79 Å². The van der Waals surface area contributed by atoms with Crippen LogP contribution in [0.4, 0.5) is 0 Å². The second kappa shape index (κ2) is 13.2. The Morgan fingerprint density at radius 3 is 2.26 bits per heavy atom. The van der Waals surface area contributed by atoms with Crippen LogP contribution in [0.3, 0.4) is 0 Å². The highest BCUT2D eigenvalue weighted by atomic mass is 16.4. The molecule has 192 valence electrons. The van der Waals surface area contributed by atoms with Crippen LogP contribution in [0.5, 0.6) is 0 Å². The Morgan fingerprint density at radius 2 is 1.65 bits per heavy atom. The monoisotopic (exact) mass is 484 g/mol. The number of carboxylic acids is 1. The second-order valence-corrected chi connectivity index (χ2v) is 8.63. The Kier molecular flexibility index (Phi) is 10.7. The number of hydrogen-bond acceptors (Lipinski definition) is 8. The minimum atomic E-state index is -1.17. The lowest BCUT2D eigenvalue weighted by Gasteiger charge is -2.31. The van der Waals surface area contributed by atoms with Crippen molar-refractivity contribution in [1.82, 2.24) is 20.4 Å². The number of nitrogens with one attached hydrogen (secondary N) is 2. The van der Waals surface area contributed by atoms with E-state index in [0.717, 1.165) is 0 Å². The van der Waals surface area contributed by atoms with E-state index in [2.05, 4.69) is 10.6 Å². The van der Waals surface area contributed by atoms with Crippen LogP contribution >= 0.6 is 0 Å². The van der Waals surface area contributed by atoms with Crippen LogP contribution in [0.1, 0.15) is 44.9 Å². The molecule has 2 aliphatic heterocycles. The zero-order valence-corrected chi connectivity index (χ0v) is 19.3. The Hall–Kier alpha value is -2.77. The maximum atomic E-state index is 13.2. The van der Waals surface area contributed by atoms with Crippen molar-refractivity contribution in [2.75, 3.05) is 32.8 Å². The number of carbonyl (C=O) groups is 5. The van der Waals surface area contributed by atoms with E-state index in [1.165, 1.54) is 9.80 Å². The molecule has 2 aliphatic rings. The smallest absolute Gasteiger partial charge is 0.326 e. The maximum absolute atomic E-state index is 13.2. The Bertz CT molecular complexity index is 764. The molecule has 0 aromatic rings. The third kappa shape index (κ3) is 7.11. The molecule has 2 rings (SSSR count). The van der Waals surface area contributed by atoms with Gasteiger partial charge in [0.15, 0.2) is 0 Å². The van der Waals surface area contributed by atoms with Gasteiger partial charge in [0.2, 0.25) is 23.6 Å². The van der Waals surface area contributed by atoms with E-state index in [9.17, 15) is 29.1 Å². The first kappa shape index (κ1) is 27.5. The zero-order chi connectivity index (χ0) is 25.3. The number of carboxylic acid groups (broad SMARTS) is 1. The molecule has 4 amide bonds. The fraction of sp³-hybridized carbons (Fsp3) is 0.762. The van der Waals surface area contributed by atoms with Crippen LogP contribution in [0.2, 0.25) is 0 Å². The molecule has 8 N–H and O–H groups in total. The van der Waals surface area contributed by atoms with Gasteiger partial charge in [-0.15, -0.1) is 0 Å². The van der Waals surface area contributed by atoms with Crippen molar-refractivity contribution in [3.05, 3.63) is 0 Å². The molecular weight excluding hydrogens is 448 g/mol. The molecule has 0 aliphatic carbocycles. The number of nitrogens with zero attached hydrogens (tertiary/aromatic N) is 2. The molecule has 4 atom stereocenters. The minimum absolute atomic E-state index is 0.230. The van der Waals surface area contributed by atoms with Gasteiger partial charge in [0, 0.05) is 13.1 Å². The highest BCUT2D eigenvalue weighted by molar-refractivity contribution is 5.95. The Labute approximate surface area is 198 Å². The fourth-order valence-electron chi connectivity index (χ4n) is 4.35. The summed E-state index contributed by atoms with van der Waals surface area (Å²) in [6.45, 7) is 0.175. The standard InChI is InChI=1S/C21H36N6O7/c22-8-2-1-5-14(21(33)34)25-17(29)11-24-18(30)15-6-3-9-26(15)20(32)16-7-4-10-27(16)19(31)13(23)12-28/h13-16,28H,1-12,22-23H2,(H,24,30)(H,25,29)(H,33,34)/t13-,14-,15-,16-/m0/s1. The molecule has 13 nitrogen and oxygen atoms in total. The normalized spacial score (nSPS) is 21.7. The number of carbonyl (C=O) groups excluding carboxylic acids is 4. The number of nitrogens with two attached hydrogens (primary N) is 2. The van der Waals surface area contributed by atoms with Crippen LogP contribution in [-0.2, 0) is 24.0 Å². The van der Waals surface area contributed by atoms with E-state index in [-0.39, 0.29) is 12.3 Å². The first-order valence-electron chi connectivity index (χ1n) is 11.7. The number of unbranched alkanes of at least 4 members (excludes halogenated alkanes) is 1. The van der Waals surface area contributed by atoms with E-state index in [4.69, 9.17) is 16.6 Å². The SMILES string of the molecule is NCCCC[C@H](NC(=O)CNC(=O)[C@@H]1CCCN1C(=O)[C@@H]1CCCN1C(=O)[C@@H](N)CO)C(=O)O. The van der Waals surface area contributed by atoms with E-state index < -0.39 is 61.0 Å². The highest BCUT2D eigenvalue weighted by Crippen LogP contribution is 2.25. The number of likely N-dealkylation sites (tertiary alicyclic amines) is 2. The average molecular weight is 485 g/mol. The summed E-state index contributed by atoms with van der Waals surface area (Å²) in [4.78, 5) is 64.6. The lowest BCUT2D eigenvalue weighted by atomic mass is 10.1. The third-order valence-electron chi connectivity index (χ3n) is 6.18. The van der Waals surface area contributed by atoms with Crippen LogP contribution in [0.25, 0.3) is 0 Å². The summed E-state index contributed by atoms with van der Waals surface area (Å²) in [5.74, 6) is -3.19. The molecule has 13 heteroatoms.